The van der Waals surface area contributed by atoms with Gasteiger partial charge in [-0.3, -0.25) is 0 Å². The van der Waals surface area contributed by atoms with Gasteiger partial charge in [0.1, 0.15) is 0 Å². The van der Waals surface area contributed by atoms with Gasteiger partial charge in [-0.25, -0.2) is 4.98 Å². The molecule has 0 aliphatic rings. The summed E-state index contributed by atoms with van der Waals surface area (Å²) in [7, 11) is 0. The highest BCUT2D eigenvalue weighted by atomic mass is 35.5. The maximum Gasteiger partial charge on any atom is 0.156 e. The number of aromatic nitrogens is 2. The zero-order valence-corrected chi connectivity index (χ0v) is 8.62. The summed E-state index contributed by atoms with van der Waals surface area (Å²) in [5.41, 5.74) is 2.70. The summed E-state index contributed by atoms with van der Waals surface area (Å²) in [4.78, 5) is 4.37. The average molecular weight is 211 g/mol. The Hall–Kier alpha value is -1.06. The van der Waals surface area contributed by atoms with Crippen LogP contribution in [0.15, 0.2) is 18.3 Å². The van der Waals surface area contributed by atoms with E-state index in [0.29, 0.717) is 11.4 Å². The summed E-state index contributed by atoms with van der Waals surface area (Å²) in [5, 5.41) is 9.50. The number of aryl methyl sites for hydroxylation is 1. The van der Waals surface area contributed by atoms with Crippen LogP contribution in [0.4, 0.5) is 0 Å². The van der Waals surface area contributed by atoms with E-state index in [1.54, 1.807) is 0 Å². The van der Waals surface area contributed by atoms with Crippen molar-refractivity contribution in [2.75, 3.05) is 6.61 Å². The van der Waals surface area contributed by atoms with Gasteiger partial charge in [-0.2, -0.15) is 0 Å². The quantitative estimate of drug-likeness (QED) is 0.821. The van der Waals surface area contributed by atoms with Crippen LogP contribution in [-0.2, 0) is 6.42 Å². The molecule has 0 saturated carbocycles. The van der Waals surface area contributed by atoms with Crippen LogP contribution >= 0.6 is 11.6 Å². The minimum Gasteiger partial charge on any atom is -0.396 e. The minimum atomic E-state index is 0.113. The highest BCUT2D eigenvalue weighted by molar-refractivity contribution is 6.33. The van der Waals surface area contributed by atoms with Crippen molar-refractivity contribution in [1.29, 1.82) is 0 Å². The molecule has 2 heterocycles. The number of imidazole rings is 1. The van der Waals surface area contributed by atoms with E-state index in [1.807, 2.05) is 29.7 Å². The van der Waals surface area contributed by atoms with E-state index in [9.17, 15) is 0 Å². The number of halogens is 1. The van der Waals surface area contributed by atoms with Crippen LogP contribution < -0.4 is 0 Å². The van der Waals surface area contributed by atoms with Crippen LogP contribution in [0.3, 0.4) is 0 Å². The van der Waals surface area contributed by atoms with Gasteiger partial charge in [0, 0.05) is 24.9 Å². The van der Waals surface area contributed by atoms with E-state index >= 15 is 0 Å². The van der Waals surface area contributed by atoms with Crippen LogP contribution in [0.1, 0.15) is 11.4 Å². The third kappa shape index (κ3) is 1.38. The highest BCUT2D eigenvalue weighted by Gasteiger charge is 2.09. The van der Waals surface area contributed by atoms with Crippen LogP contribution in [0.5, 0.6) is 0 Å². The monoisotopic (exact) mass is 210 g/mol. The topological polar surface area (TPSA) is 37.5 Å². The summed E-state index contributed by atoms with van der Waals surface area (Å²) >= 11 is 6.00. The molecule has 0 radical (unpaired) electrons. The molecule has 0 saturated heterocycles. The fourth-order valence-electron chi connectivity index (χ4n) is 1.54. The van der Waals surface area contributed by atoms with Crippen LogP contribution in [0.25, 0.3) is 5.65 Å². The predicted molar refractivity (Wildman–Crippen MR) is 55.7 cm³/mol. The van der Waals surface area contributed by atoms with E-state index in [-0.39, 0.29) is 6.61 Å². The van der Waals surface area contributed by atoms with Crippen molar-refractivity contribution in [3.05, 3.63) is 34.7 Å². The molecule has 0 unspecified atom stereocenters. The van der Waals surface area contributed by atoms with Gasteiger partial charge in [-0.15, -0.1) is 0 Å². The van der Waals surface area contributed by atoms with Crippen molar-refractivity contribution in [3.8, 4) is 0 Å². The molecule has 0 aliphatic carbocycles. The summed E-state index contributed by atoms with van der Waals surface area (Å²) in [6, 6.07) is 3.69. The van der Waals surface area contributed by atoms with Gasteiger partial charge in [0.05, 0.1) is 10.7 Å². The lowest BCUT2D eigenvalue weighted by atomic mass is 10.3. The van der Waals surface area contributed by atoms with Gasteiger partial charge in [-0.1, -0.05) is 11.6 Å². The fourth-order valence-corrected chi connectivity index (χ4v) is 1.75. The van der Waals surface area contributed by atoms with Crippen molar-refractivity contribution in [1.82, 2.24) is 9.38 Å². The normalized spacial score (nSPS) is 11.1. The molecular formula is C10H11ClN2O. The molecule has 1 N–H and O–H groups in total. The number of pyridine rings is 1. The van der Waals surface area contributed by atoms with E-state index in [0.717, 1.165) is 17.0 Å². The van der Waals surface area contributed by atoms with Crippen molar-refractivity contribution >= 4 is 17.2 Å². The van der Waals surface area contributed by atoms with Gasteiger partial charge in [-0.05, 0) is 19.1 Å². The average Bonchev–Trinajstić information content (AvgIpc) is 2.48. The van der Waals surface area contributed by atoms with Gasteiger partial charge < -0.3 is 9.51 Å². The third-order valence-electron chi connectivity index (χ3n) is 2.29. The maximum atomic E-state index is 8.86. The number of aliphatic hydroxyl groups is 1. The second kappa shape index (κ2) is 3.59. The fraction of sp³-hybridized carbons (Fsp3) is 0.300. The number of hydrogen-bond acceptors (Lipinski definition) is 2. The summed E-state index contributed by atoms with van der Waals surface area (Å²) < 4.78 is 1.94. The lowest BCUT2D eigenvalue weighted by Crippen LogP contribution is -1.93. The molecule has 0 spiro atoms. The Morgan fingerprint density at radius 1 is 1.57 bits per heavy atom. The SMILES string of the molecule is Cc1c(CCO)nc2c(Cl)cccn12. The van der Waals surface area contributed by atoms with Crippen LogP contribution in [0, 0.1) is 6.92 Å². The second-order valence-electron chi connectivity index (χ2n) is 3.17. The molecule has 2 aromatic rings. The number of aliphatic hydroxyl groups excluding tert-OH is 1. The molecule has 2 rings (SSSR count). The highest BCUT2D eigenvalue weighted by Crippen LogP contribution is 2.19. The van der Waals surface area contributed by atoms with E-state index < -0.39 is 0 Å². The van der Waals surface area contributed by atoms with Crippen molar-refractivity contribution in [2.24, 2.45) is 0 Å². The second-order valence-corrected chi connectivity index (χ2v) is 3.57. The summed E-state index contributed by atoms with van der Waals surface area (Å²) in [6.07, 6.45) is 2.49. The van der Waals surface area contributed by atoms with Gasteiger partial charge in [0.2, 0.25) is 0 Å². The molecule has 0 aliphatic heterocycles. The largest absolute Gasteiger partial charge is 0.396 e. The van der Waals surface area contributed by atoms with Crippen molar-refractivity contribution in [2.45, 2.75) is 13.3 Å². The molecule has 0 aromatic carbocycles. The molecule has 4 heteroatoms. The first-order chi connectivity index (χ1) is 6.74. The molecule has 74 valence electrons. The summed E-state index contributed by atoms with van der Waals surface area (Å²) in [5.74, 6) is 0. The molecule has 0 bridgehead atoms. The number of hydrogen-bond donors (Lipinski definition) is 1. The molecule has 0 atom stereocenters. The first-order valence-corrected chi connectivity index (χ1v) is 4.84. The van der Waals surface area contributed by atoms with Gasteiger partial charge in [0.25, 0.3) is 0 Å². The standard InChI is InChI=1S/C10H11ClN2O/c1-7-9(4-6-14)12-10-8(11)3-2-5-13(7)10/h2-3,5,14H,4,6H2,1H3. The molecule has 3 nitrogen and oxygen atoms in total. The Kier molecular flexibility index (Phi) is 2.44. The van der Waals surface area contributed by atoms with Gasteiger partial charge in [0.15, 0.2) is 5.65 Å². The lowest BCUT2D eigenvalue weighted by molar-refractivity contribution is 0.298. The molecule has 2 aromatic heterocycles. The lowest BCUT2D eigenvalue weighted by Gasteiger charge is -1.96. The van der Waals surface area contributed by atoms with Gasteiger partial charge >= 0.3 is 0 Å². The Morgan fingerprint density at radius 3 is 3.00 bits per heavy atom. The number of fused-ring (bicyclic) bond motifs is 1. The minimum absolute atomic E-state index is 0.113. The Bertz CT molecular complexity index is 464. The number of rotatable bonds is 2. The van der Waals surface area contributed by atoms with Crippen LogP contribution in [-0.4, -0.2) is 21.1 Å². The van der Waals surface area contributed by atoms with E-state index in [4.69, 9.17) is 16.7 Å². The predicted octanol–water partition coefficient (Wildman–Crippen LogP) is 1.83. The first-order valence-electron chi connectivity index (χ1n) is 4.47. The first kappa shape index (κ1) is 9.49. The molecule has 0 fully saturated rings. The zero-order valence-electron chi connectivity index (χ0n) is 7.87. The summed E-state index contributed by atoms with van der Waals surface area (Å²) in [6.45, 7) is 2.09. The Labute approximate surface area is 87.0 Å². The molecule has 0 amide bonds. The van der Waals surface area contributed by atoms with Crippen LogP contribution in [0.2, 0.25) is 5.02 Å². The van der Waals surface area contributed by atoms with E-state index in [1.165, 1.54) is 0 Å². The Balaban J connectivity index is 2.67. The van der Waals surface area contributed by atoms with Crippen molar-refractivity contribution < 1.29 is 5.11 Å². The van der Waals surface area contributed by atoms with E-state index in [2.05, 4.69) is 4.98 Å². The maximum absolute atomic E-state index is 8.86. The molecule has 14 heavy (non-hydrogen) atoms. The number of nitrogens with zero attached hydrogens (tertiary/aromatic N) is 2. The smallest absolute Gasteiger partial charge is 0.156 e. The zero-order chi connectivity index (χ0) is 10.1. The molecular weight excluding hydrogens is 200 g/mol. The Morgan fingerprint density at radius 2 is 2.36 bits per heavy atom. The van der Waals surface area contributed by atoms with Crippen molar-refractivity contribution in [3.63, 3.8) is 0 Å². The third-order valence-corrected chi connectivity index (χ3v) is 2.58.